The highest BCUT2D eigenvalue weighted by atomic mass is 16.4. The number of carboxylic acid groups (broad SMARTS) is 1. The SMILES string of the molecule is O=C(O)[C@H]1NC[C@@H](O)[C@H]1O. The average Bonchev–Trinajstić information content (AvgIpc) is 2.14. The summed E-state index contributed by atoms with van der Waals surface area (Å²) in [5.41, 5.74) is 0. The number of carbonyl (C=O) groups is 1. The number of nitrogens with one attached hydrogen (secondary N) is 1. The van der Waals surface area contributed by atoms with Crippen LogP contribution in [-0.2, 0) is 4.79 Å². The van der Waals surface area contributed by atoms with E-state index in [9.17, 15) is 4.79 Å². The second-order valence-electron chi connectivity index (χ2n) is 2.28. The largest absolute Gasteiger partial charge is 0.480 e. The van der Waals surface area contributed by atoms with E-state index < -0.39 is 24.2 Å². The molecule has 1 rings (SSSR count). The Morgan fingerprint density at radius 3 is 2.30 bits per heavy atom. The number of rotatable bonds is 1. The summed E-state index contributed by atoms with van der Waals surface area (Å²) in [7, 11) is 0. The maximum absolute atomic E-state index is 10.2. The van der Waals surface area contributed by atoms with Crippen LogP contribution in [0.1, 0.15) is 0 Å². The molecule has 0 saturated carbocycles. The smallest absolute Gasteiger partial charge is 0.323 e. The number of aliphatic hydroxyl groups excluding tert-OH is 2. The highest BCUT2D eigenvalue weighted by Crippen LogP contribution is 2.06. The topological polar surface area (TPSA) is 89.8 Å². The summed E-state index contributed by atoms with van der Waals surface area (Å²) in [4.78, 5) is 10.2. The summed E-state index contributed by atoms with van der Waals surface area (Å²) in [5.74, 6) is -1.14. The summed E-state index contributed by atoms with van der Waals surface area (Å²) >= 11 is 0. The Balaban J connectivity index is 2.57. The molecule has 10 heavy (non-hydrogen) atoms. The van der Waals surface area contributed by atoms with Crippen molar-refractivity contribution in [2.24, 2.45) is 0 Å². The van der Waals surface area contributed by atoms with Crippen LogP contribution < -0.4 is 5.32 Å². The van der Waals surface area contributed by atoms with Crippen LogP contribution in [0.2, 0.25) is 0 Å². The van der Waals surface area contributed by atoms with Gasteiger partial charge in [-0.1, -0.05) is 0 Å². The molecule has 0 spiro atoms. The van der Waals surface area contributed by atoms with Crippen molar-refractivity contribution < 1.29 is 20.1 Å². The van der Waals surface area contributed by atoms with Crippen LogP contribution in [0, 0.1) is 0 Å². The third-order valence-corrected chi connectivity index (χ3v) is 1.55. The molecule has 5 nitrogen and oxygen atoms in total. The van der Waals surface area contributed by atoms with Crippen molar-refractivity contribution in [3.05, 3.63) is 0 Å². The highest BCUT2D eigenvalue weighted by molar-refractivity contribution is 5.74. The van der Waals surface area contributed by atoms with Crippen molar-refractivity contribution in [3.63, 3.8) is 0 Å². The van der Waals surface area contributed by atoms with E-state index in [0.29, 0.717) is 0 Å². The van der Waals surface area contributed by atoms with Crippen molar-refractivity contribution in [3.8, 4) is 0 Å². The Bertz CT molecular complexity index is 149. The Morgan fingerprint density at radius 1 is 1.50 bits per heavy atom. The minimum absolute atomic E-state index is 0.137. The third kappa shape index (κ3) is 1.11. The minimum Gasteiger partial charge on any atom is -0.480 e. The molecule has 4 N–H and O–H groups in total. The Labute approximate surface area is 57.3 Å². The predicted molar refractivity (Wildman–Crippen MR) is 31.4 cm³/mol. The standard InChI is InChI=1S/C5H9NO4/c7-2-1-6-3(4(2)8)5(9)10/h2-4,6-8H,1H2,(H,9,10)/t2-,3+,4-/m1/s1. The molecule has 0 radical (unpaired) electrons. The summed E-state index contributed by atoms with van der Waals surface area (Å²) in [6, 6.07) is -1.02. The van der Waals surface area contributed by atoms with E-state index in [2.05, 4.69) is 5.32 Å². The van der Waals surface area contributed by atoms with E-state index in [4.69, 9.17) is 15.3 Å². The van der Waals surface area contributed by atoms with E-state index >= 15 is 0 Å². The first-order chi connectivity index (χ1) is 4.63. The minimum atomic E-state index is -1.18. The lowest BCUT2D eigenvalue weighted by atomic mass is 10.1. The van der Waals surface area contributed by atoms with Crippen molar-refractivity contribution >= 4 is 5.97 Å². The summed E-state index contributed by atoms with van der Waals surface area (Å²) in [6.45, 7) is 0.137. The van der Waals surface area contributed by atoms with Gasteiger partial charge in [-0.15, -0.1) is 0 Å². The van der Waals surface area contributed by atoms with Gasteiger partial charge in [-0.05, 0) is 0 Å². The van der Waals surface area contributed by atoms with Gasteiger partial charge in [0.25, 0.3) is 0 Å². The monoisotopic (exact) mass is 147 g/mol. The molecule has 58 valence electrons. The van der Waals surface area contributed by atoms with Crippen LogP contribution in [0.3, 0.4) is 0 Å². The Morgan fingerprint density at radius 2 is 2.10 bits per heavy atom. The molecule has 0 bridgehead atoms. The zero-order valence-electron chi connectivity index (χ0n) is 5.19. The van der Waals surface area contributed by atoms with E-state index in [1.807, 2.05) is 0 Å². The molecule has 5 heteroatoms. The molecule has 0 unspecified atom stereocenters. The van der Waals surface area contributed by atoms with E-state index in [1.165, 1.54) is 0 Å². The first kappa shape index (κ1) is 7.46. The number of hydrogen-bond donors (Lipinski definition) is 4. The van der Waals surface area contributed by atoms with Crippen LogP contribution in [0.5, 0.6) is 0 Å². The van der Waals surface area contributed by atoms with Gasteiger partial charge in [-0.2, -0.15) is 0 Å². The molecule has 0 aromatic rings. The van der Waals surface area contributed by atoms with Crippen LogP contribution in [0.25, 0.3) is 0 Å². The predicted octanol–water partition coefficient (Wildman–Crippen LogP) is -2.24. The fourth-order valence-corrected chi connectivity index (χ4v) is 0.945. The molecule has 3 atom stereocenters. The number of β-amino-alcohol motifs (C(OH)–C–C–N with tert-alkyl or cyclic N) is 1. The van der Waals surface area contributed by atoms with Crippen LogP contribution in [0.15, 0.2) is 0 Å². The average molecular weight is 147 g/mol. The summed E-state index contributed by atoms with van der Waals surface area (Å²) in [6.07, 6.45) is -2.14. The quantitative estimate of drug-likeness (QED) is 0.337. The molecule has 1 saturated heterocycles. The van der Waals surface area contributed by atoms with Gasteiger partial charge < -0.3 is 15.3 Å². The van der Waals surface area contributed by atoms with Crippen molar-refractivity contribution in [1.29, 1.82) is 0 Å². The highest BCUT2D eigenvalue weighted by Gasteiger charge is 2.37. The van der Waals surface area contributed by atoms with Crippen molar-refractivity contribution in [2.75, 3.05) is 6.54 Å². The van der Waals surface area contributed by atoms with Gasteiger partial charge >= 0.3 is 5.97 Å². The number of aliphatic carboxylic acids is 1. The molecule has 0 aliphatic carbocycles. The maximum Gasteiger partial charge on any atom is 0.323 e. The molecule has 1 aliphatic rings. The summed E-state index contributed by atoms with van der Waals surface area (Å²) < 4.78 is 0. The van der Waals surface area contributed by atoms with Gasteiger partial charge in [0.1, 0.15) is 12.1 Å². The van der Waals surface area contributed by atoms with Crippen molar-refractivity contribution in [2.45, 2.75) is 18.2 Å². The first-order valence-electron chi connectivity index (χ1n) is 2.95. The van der Waals surface area contributed by atoms with Gasteiger partial charge in [-0.25, -0.2) is 0 Å². The fraction of sp³-hybridized carbons (Fsp3) is 0.800. The van der Waals surface area contributed by atoms with Gasteiger partial charge in [0.15, 0.2) is 0 Å². The van der Waals surface area contributed by atoms with Crippen LogP contribution in [-0.4, -0.2) is 46.1 Å². The van der Waals surface area contributed by atoms with E-state index in [0.717, 1.165) is 0 Å². The fourth-order valence-electron chi connectivity index (χ4n) is 0.945. The zero-order valence-corrected chi connectivity index (χ0v) is 5.19. The molecule has 0 aromatic carbocycles. The number of hydrogen-bond acceptors (Lipinski definition) is 4. The Kier molecular flexibility index (Phi) is 1.89. The van der Waals surface area contributed by atoms with E-state index in [-0.39, 0.29) is 6.54 Å². The normalized spacial score (nSPS) is 40.0. The maximum atomic E-state index is 10.2. The molecule has 0 amide bonds. The van der Waals surface area contributed by atoms with E-state index in [1.54, 1.807) is 0 Å². The molecule has 1 fully saturated rings. The lowest BCUT2D eigenvalue weighted by Gasteiger charge is -2.09. The second kappa shape index (κ2) is 2.53. The molecular formula is C5H9NO4. The lowest BCUT2D eigenvalue weighted by molar-refractivity contribution is -0.142. The van der Waals surface area contributed by atoms with Gasteiger partial charge in [0.2, 0.25) is 0 Å². The third-order valence-electron chi connectivity index (χ3n) is 1.55. The van der Waals surface area contributed by atoms with Crippen LogP contribution >= 0.6 is 0 Å². The van der Waals surface area contributed by atoms with Crippen molar-refractivity contribution in [1.82, 2.24) is 5.32 Å². The van der Waals surface area contributed by atoms with Gasteiger partial charge in [0, 0.05) is 6.54 Å². The molecule has 0 aromatic heterocycles. The van der Waals surface area contributed by atoms with Gasteiger partial charge in [0.05, 0.1) is 6.10 Å². The Hall–Kier alpha value is -0.650. The summed E-state index contributed by atoms with van der Waals surface area (Å²) in [5, 5.41) is 28.6. The van der Waals surface area contributed by atoms with Crippen LogP contribution in [0.4, 0.5) is 0 Å². The molecule has 1 aliphatic heterocycles. The number of aliphatic hydroxyl groups is 2. The van der Waals surface area contributed by atoms with Gasteiger partial charge in [-0.3, -0.25) is 10.1 Å². The number of carboxylic acids is 1. The zero-order chi connectivity index (χ0) is 7.72. The first-order valence-corrected chi connectivity index (χ1v) is 2.95. The molecular weight excluding hydrogens is 138 g/mol. The second-order valence-corrected chi connectivity index (χ2v) is 2.28. The lowest BCUT2D eigenvalue weighted by Crippen LogP contribution is -2.39. The molecule has 1 heterocycles.